The van der Waals surface area contributed by atoms with E-state index in [0.29, 0.717) is 12.1 Å². The summed E-state index contributed by atoms with van der Waals surface area (Å²) in [6.07, 6.45) is -4.49. The summed E-state index contributed by atoms with van der Waals surface area (Å²) in [5.41, 5.74) is 0.661. The predicted octanol–water partition coefficient (Wildman–Crippen LogP) is 3.67. The molecule has 6 heteroatoms. The van der Waals surface area contributed by atoms with Gasteiger partial charge in [-0.25, -0.2) is 0 Å². The van der Waals surface area contributed by atoms with Crippen molar-refractivity contribution in [3.8, 4) is 0 Å². The Morgan fingerprint density at radius 1 is 1.08 bits per heavy atom. The van der Waals surface area contributed by atoms with E-state index in [0.717, 1.165) is 17.7 Å². The zero-order chi connectivity index (χ0) is 18.4. The molecular weight excluding hydrogens is 329 g/mol. The molecule has 134 valence electrons. The van der Waals surface area contributed by atoms with Crippen molar-refractivity contribution >= 4 is 5.91 Å². The van der Waals surface area contributed by atoms with E-state index in [2.05, 4.69) is 5.32 Å². The van der Waals surface area contributed by atoms with Crippen molar-refractivity contribution in [3.63, 3.8) is 0 Å². The Morgan fingerprint density at radius 2 is 1.76 bits per heavy atom. The molecule has 3 nitrogen and oxygen atoms in total. The molecule has 0 aliphatic rings. The van der Waals surface area contributed by atoms with Gasteiger partial charge in [0.25, 0.3) is 0 Å². The number of nitrogens with zero attached hydrogens (tertiary/aromatic N) is 1. The van der Waals surface area contributed by atoms with Gasteiger partial charge in [0.05, 0.1) is 18.0 Å². The molecule has 25 heavy (non-hydrogen) atoms. The SMILES string of the molecule is CN(C)[C@@H](CNC(=O)Cc1cccc(C(F)(F)F)c1)c1ccccc1. The molecule has 0 heterocycles. The van der Waals surface area contributed by atoms with Crippen LogP contribution in [0.3, 0.4) is 0 Å². The van der Waals surface area contributed by atoms with E-state index in [1.165, 1.54) is 12.1 Å². The molecule has 0 spiro atoms. The molecule has 0 bridgehead atoms. The lowest BCUT2D eigenvalue weighted by molar-refractivity contribution is -0.137. The number of nitrogens with one attached hydrogen (secondary N) is 1. The second kappa shape index (κ2) is 8.16. The van der Waals surface area contributed by atoms with E-state index >= 15 is 0 Å². The minimum Gasteiger partial charge on any atom is -0.354 e. The third kappa shape index (κ3) is 5.60. The Balaban J connectivity index is 1.98. The number of hydrogen-bond donors (Lipinski definition) is 1. The average molecular weight is 350 g/mol. The predicted molar refractivity (Wildman–Crippen MR) is 91.0 cm³/mol. The summed E-state index contributed by atoms with van der Waals surface area (Å²) in [5.74, 6) is -0.304. The van der Waals surface area contributed by atoms with Gasteiger partial charge >= 0.3 is 6.18 Å². The highest BCUT2D eigenvalue weighted by molar-refractivity contribution is 5.78. The standard InChI is InChI=1S/C19H21F3N2O/c1-24(2)17(15-8-4-3-5-9-15)13-23-18(25)12-14-7-6-10-16(11-14)19(20,21)22/h3-11,17H,12-13H2,1-2H3,(H,23,25)/t17-/m0/s1. The maximum atomic E-state index is 12.7. The highest BCUT2D eigenvalue weighted by Crippen LogP contribution is 2.29. The minimum atomic E-state index is -4.41. The number of alkyl halides is 3. The van der Waals surface area contributed by atoms with Gasteiger partial charge in [-0.2, -0.15) is 13.2 Å². The fourth-order valence-electron chi connectivity index (χ4n) is 2.59. The van der Waals surface area contributed by atoms with Crippen molar-refractivity contribution in [1.82, 2.24) is 10.2 Å². The molecule has 0 aliphatic carbocycles. The molecule has 0 fully saturated rings. The summed E-state index contributed by atoms with van der Waals surface area (Å²) in [6, 6.07) is 14.6. The number of benzene rings is 2. The topological polar surface area (TPSA) is 32.3 Å². The average Bonchev–Trinajstić information content (AvgIpc) is 2.55. The van der Waals surface area contributed by atoms with Gasteiger partial charge in [-0.1, -0.05) is 48.5 Å². The van der Waals surface area contributed by atoms with Gasteiger partial charge in [-0.15, -0.1) is 0 Å². The maximum absolute atomic E-state index is 12.7. The van der Waals surface area contributed by atoms with E-state index in [-0.39, 0.29) is 18.4 Å². The van der Waals surface area contributed by atoms with Gasteiger partial charge in [-0.3, -0.25) is 4.79 Å². The zero-order valence-electron chi connectivity index (χ0n) is 14.2. The lowest BCUT2D eigenvalue weighted by atomic mass is 10.1. The Morgan fingerprint density at radius 3 is 2.36 bits per heavy atom. The monoisotopic (exact) mass is 350 g/mol. The van der Waals surface area contributed by atoms with Crippen LogP contribution in [0.5, 0.6) is 0 Å². The first-order chi connectivity index (χ1) is 11.8. The Labute approximate surface area is 145 Å². The molecule has 1 N–H and O–H groups in total. The lowest BCUT2D eigenvalue weighted by Crippen LogP contribution is -2.35. The van der Waals surface area contributed by atoms with Gasteiger partial charge in [-0.05, 0) is 31.3 Å². The molecule has 0 saturated heterocycles. The molecule has 2 rings (SSSR count). The quantitative estimate of drug-likeness (QED) is 0.862. The second-order valence-corrected chi connectivity index (χ2v) is 6.07. The van der Waals surface area contributed by atoms with Crippen molar-refractivity contribution in [2.45, 2.75) is 18.6 Å². The smallest absolute Gasteiger partial charge is 0.354 e. The fraction of sp³-hybridized carbons (Fsp3) is 0.316. The van der Waals surface area contributed by atoms with Crippen LogP contribution in [0.4, 0.5) is 13.2 Å². The van der Waals surface area contributed by atoms with Crippen LogP contribution in [0.1, 0.15) is 22.7 Å². The van der Waals surface area contributed by atoms with Crippen LogP contribution in [0.25, 0.3) is 0 Å². The number of halogens is 3. The first-order valence-corrected chi connectivity index (χ1v) is 7.91. The summed E-state index contributed by atoms with van der Waals surface area (Å²) in [4.78, 5) is 14.1. The molecule has 0 unspecified atom stereocenters. The molecular formula is C19H21F3N2O. The van der Waals surface area contributed by atoms with Crippen LogP contribution < -0.4 is 5.32 Å². The fourth-order valence-corrected chi connectivity index (χ4v) is 2.59. The van der Waals surface area contributed by atoms with Gasteiger partial charge < -0.3 is 10.2 Å². The zero-order valence-corrected chi connectivity index (χ0v) is 14.2. The van der Waals surface area contributed by atoms with Crippen LogP contribution in [0.15, 0.2) is 54.6 Å². The normalized spacial score (nSPS) is 12.9. The molecule has 0 aromatic heterocycles. The number of carbonyl (C=O) groups excluding carboxylic acids is 1. The third-order valence-corrected chi connectivity index (χ3v) is 3.92. The van der Waals surface area contributed by atoms with Gasteiger partial charge in [0.15, 0.2) is 0 Å². The third-order valence-electron chi connectivity index (χ3n) is 3.92. The van der Waals surface area contributed by atoms with E-state index in [1.54, 1.807) is 0 Å². The van der Waals surface area contributed by atoms with Gasteiger partial charge in [0.2, 0.25) is 5.91 Å². The first kappa shape index (κ1) is 19.0. The number of carbonyl (C=O) groups is 1. The van der Waals surface area contributed by atoms with Crippen LogP contribution >= 0.6 is 0 Å². The molecule has 2 aromatic rings. The van der Waals surface area contributed by atoms with Crippen LogP contribution in [0, 0.1) is 0 Å². The van der Waals surface area contributed by atoms with Crippen molar-refractivity contribution in [3.05, 3.63) is 71.3 Å². The van der Waals surface area contributed by atoms with Crippen molar-refractivity contribution in [2.24, 2.45) is 0 Å². The number of hydrogen-bond acceptors (Lipinski definition) is 2. The summed E-state index contributed by atoms with van der Waals surface area (Å²) in [7, 11) is 3.83. The van der Waals surface area contributed by atoms with Crippen LogP contribution in [-0.4, -0.2) is 31.4 Å². The molecule has 0 saturated carbocycles. The molecule has 1 amide bonds. The largest absolute Gasteiger partial charge is 0.416 e. The summed E-state index contributed by atoms with van der Waals surface area (Å²) < 4.78 is 38.2. The van der Waals surface area contributed by atoms with Crippen molar-refractivity contribution in [2.75, 3.05) is 20.6 Å². The van der Waals surface area contributed by atoms with E-state index in [4.69, 9.17) is 0 Å². The molecule has 0 radical (unpaired) electrons. The van der Waals surface area contributed by atoms with Crippen molar-refractivity contribution in [1.29, 1.82) is 0 Å². The molecule has 2 aromatic carbocycles. The lowest BCUT2D eigenvalue weighted by Gasteiger charge is -2.25. The van der Waals surface area contributed by atoms with E-state index < -0.39 is 11.7 Å². The van der Waals surface area contributed by atoms with Gasteiger partial charge in [0.1, 0.15) is 0 Å². The van der Waals surface area contributed by atoms with Crippen LogP contribution in [0.2, 0.25) is 0 Å². The highest BCUT2D eigenvalue weighted by atomic mass is 19.4. The number of rotatable bonds is 6. The number of likely N-dealkylation sites (N-methyl/N-ethyl adjacent to an activating group) is 1. The van der Waals surface area contributed by atoms with Crippen LogP contribution in [-0.2, 0) is 17.4 Å². The van der Waals surface area contributed by atoms with E-state index in [1.807, 2.05) is 49.3 Å². The molecule has 0 aliphatic heterocycles. The van der Waals surface area contributed by atoms with Gasteiger partial charge in [0, 0.05) is 6.54 Å². The minimum absolute atomic E-state index is 0.00772. The van der Waals surface area contributed by atoms with E-state index in [9.17, 15) is 18.0 Å². The Hall–Kier alpha value is -2.34. The summed E-state index contributed by atoms with van der Waals surface area (Å²) >= 11 is 0. The summed E-state index contributed by atoms with van der Waals surface area (Å²) in [5, 5.41) is 2.81. The van der Waals surface area contributed by atoms with Crippen molar-refractivity contribution < 1.29 is 18.0 Å². The highest BCUT2D eigenvalue weighted by Gasteiger charge is 2.30. The Bertz CT molecular complexity index is 699. The Kier molecular flexibility index (Phi) is 6.20. The maximum Gasteiger partial charge on any atom is 0.416 e. The second-order valence-electron chi connectivity index (χ2n) is 6.07. The molecule has 1 atom stereocenters. The first-order valence-electron chi connectivity index (χ1n) is 7.91. The summed E-state index contributed by atoms with van der Waals surface area (Å²) in [6.45, 7) is 0.384. The number of amides is 1.